The van der Waals surface area contributed by atoms with E-state index in [1.807, 2.05) is 23.8 Å². The number of piperazine rings is 1. The van der Waals surface area contributed by atoms with Gasteiger partial charge in [0, 0.05) is 56.5 Å². The lowest BCUT2D eigenvalue weighted by molar-refractivity contribution is 0.0932. The van der Waals surface area contributed by atoms with Crippen LogP contribution in [0.3, 0.4) is 0 Å². The zero-order valence-corrected chi connectivity index (χ0v) is 13.8. The van der Waals surface area contributed by atoms with E-state index in [-0.39, 0.29) is 5.91 Å². The first kappa shape index (κ1) is 15.5. The highest BCUT2D eigenvalue weighted by Gasteiger charge is 2.15. The molecule has 0 radical (unpaired) electrons. The quantitative estimate of drug-likeness (QED) is 0.875. The number of carbonyl (C=O) groups is 1. The number of nitrogens with one attached hydrogen (secondary N) is 1. The number of halogens is 1. The van der Waals surface area contributed by atoms with Crippen molar-refractivity contribution in [2.45, 2.75) is 13.5 Å². The molecular weight excluding hydrogens is 320 g/mol. The standard InChI is InChI=1S/C14H23BrN4O/c1-3-19-11-12(15)10-13(19)14(20)16-4-5-18-8-6-17(2)7-9-18/h10-11H,3-9H2,1-2H3,(H,16,20). The summed E-state index contributed by atoms with van der Waals surface area (Å²) in [5.41, 5.74) is 0.720. The largest absolute Gasteiger partial charge is 0.349 e. The Bertz CT molecular complexity index is 452. The maximum absolute atomic E-state index is 12.2. The number of likely N-dealkylation sites (N-methyl/N-ethyl adjacent to an activating group) is 1. The number of amides is 1. The highest BCUT2D eigenvalue weighted by atomic mass is 79.9. The third-order valence-corrected chi connectivity index (χ3v) is 4.18. The predicted molar refractivity (Wildman–Crippen MR) is 84.1 cm³/mol. The summed E-state index contributed by atoms with van der Waals surface area (Å²) in [6.07, 6.45) is 1.94. The summed E-state index contributed by atoms with van der Waals surface area (Å²) in [4.78, 5) is 16.9. The average Bonchev–Trinajstić information content (AvgIpc) is 2.82. The summed E-state index contributed by atoms with van der Waals surface area (Å²) < 4.78 is 2.90. The van der Waals surface area contributed by atoms with Crippen LogP contribution in [0, 0.1) is 0 Å². The number of aromatic nitrogens is 1. The Labute approximate surface area is 129 Å². The molecule has 2 heterocycles. The second-order valence-corrected chi connectivity index (χ2v) is 6.15. The summed E-state index contributed by atoms with van der Waals surface area (Å²) >= 11 is 3.41. The molecule has 0 aromatic carbocycles. The fraction of sp³-hybridized carbons (Fsp3) is 0.643. The SMILES string of the molecule is CCn1cc(Br)cc1C(=O)NCCN1CCN(C)CC1. The van der Waals surface area contributed by atoms with E-state index in [9.17, 15) is 4.79 Å². The third-order valence-electron chi connectivity index (χ3n) is 3.75. The van der Waals surface area contributed by atoms with Crippen molar-refractivity contribution in [1.29, 1.82) is 0 Å². The molecule has 0 spiro atoms. The fourth-order valence-electron chi connectivity index (χ4n) is 2.42. The van der Waals surface area contributed by atoms with Gasteiger partial charge in [0.2, 0.25) is 0 Å². The van der Waals surface area contributed by atoms with E-state index in [1.165, 1.54) is 0 Å². The molecule has 1 amide bonds. The van der Waals surface area contributed by atoms with Gasteiger partial charge in [0.05, 0.1) is 0 Å². The molecule has 1 aromatic rings. The van der Waals surface area contributed by atoms with Crippen molar-refractivity contribution in [3.63, 3.8) is 0 Å². The lowest BCUT2D eigenvalue weighted by atomic mass is 10.3. The number of rotatable bonds is 5. The molecule has 0 atom stereocenters. The molecule has 1 fully saturated rings. The van der Waals surface area contributed by atoms with Crippen LogP contribution in [-0.4, -0.2) is 66.6 Å². The predicted octanol–water partition coefficient (Wildman–Crippen LogP) is 1.25. The number of hydrogen-bond acceptors (Lipinski definition) is 3. The Hall–Kier alpha value is -0.850. The molecule has 2 rings (SSSR count). The smallest absolute Gasteiger partial charge is 0.267 e. The molecule has 20 heavy (non-hydrogen) atoms. The maximum Gasteiger partial charge on any atom is 0.267 e. The minimum absolute atomic E-state index is 0.00618. The second kappa shape index (κ2) is 7.24. The topological polar surface area (TPSA) is 40.5 Å². The van der Waals surface area contributed by atoms with E-state index in [4.69, 9.17) is 0 Å². The zero-order chi connectivity index (χ0) is 14.5. The molecule has 6 heteroatoms. The van der Waals surface area contributed by atoms with Gasteiger partial charge in [-0.3, -0.25) is 9.69 Å². The Morgan fingerprint density at radius 1 is 1.35 bits per heavy atom. The minimum atomic E-state index is 0.00618. The van der Waals surface area contributed by atoms with Crippen LogP contribution >= 0.6 is 15.9 Å². The number of hydrogen-bond donors (Lipinski definition) is 1. The Kier molecular flexibility index (Phi) is 5.63. The van der Waals surface area contributed by atoms with Crippen LogP contribution in [0.15, 0.2) is 16.7 Å². The van der Waals surface area contributed by atoms with Gasteiger partial charge in [-0.25, -0.2) is 0 Å². The first-order valence-corrected chi connectivity index (χ1v) is 7.94. The molecule has 1 aliphatic heterocycles. The molecule has 1 aromatic heterocycles. The van der Waals surface area contributed by atoms with Crippen molar-refractivity contribution >= 4 is 21.8 Å². The summed E-state index contributed by atoms with van der Waals surface area (Å²) in [5, 5.41) is 3.01. The summed E-state index contributed by atoms with van der Waals surface area (Å²) in [7, 11) is 2.15. The fourth-order valence-corrected chi connectivity index (χ4v) is 2.88. The van der Waals surface area contributed by atoms with Crippen LogP contribution in [0.25, 0.3) is 0 Å². The summed E-state index contributed by atoms with van der Waals surface area (Å²) in [5.74, 6) is 0.00618. The van der Waals surface area contributed by atoms with Gasteiger partial charge >= 0.3 is 0 Å². The van der Waals surface area contributed by atoms with Gasteiger partial charge in [-0.1, -0.05) is 0 Å². The Morgan fingerprint density at radius 3 is 2.70 bits per heavy atom. The molecule has 1 N–H and O–H groups in total. The molecule has 0 unspecified atom stereocenters. The summed E-state index contributed by atoms with van der Waals surface area (Å²) in [6.45, 7) is 8.86. The van der Waals surface area contributed by atoms with Crippen molar-refractivity contribution in [3.05, 3.63) is 22.4 Å². The maximum atomic E-state index is 12.2. The Morgan fingerprint density at radius 2 is 2.05 bits per heavy atom. The average molecular weight is 343 g/mol. The molecule has 0 bridgehead atoms. The summed E-state index contributed by atoms with van der Waals surface area (Å²) in [6, 6.07) is 1.87. The van der Waals surface area contributed by atoms with Gasteiger partial charge in [-0.15, -0.1) is 0 Å². The second-order valence-electron chi connectivity index (χ2n) is 5.23. The number of nitrogens with zero attached hydrogens (tertiary/aromatic N) is 3. The van der Waals surface area contributed by atoms with Gasteiger partial charge in [0.1, 0.15) is 5.69 Å². The van der Waals surface area contributed by atoms with Crippen LogP contribution in [-0.2, 0) is 6.54 Å². The molecule has 0 saturated carbocycles. The number of carbonyl (C=O) groups excluding carboxylic acids is 1. The van der Waals surface area contributed by atoms with Crippen LogP contribution in [0.2, 0.25) is 0 Å². The first-order chi connectivity index (χ1) is 9.60. The van der Waals surface area contributed by atoms with E-state index in [2.05, 4.69) is 38.1 Å². The lowest BCUT2D eigenvalue weighted by Gasteiger charge is -2.32. The molecule has 1 aliphatic rings. The normalized spacial score (nSPS) is 17.4. The van der Waals surface area contributed by atoms with Gasteiger partial charge in [-0.2, -0.15) is 0 Å². The minimum Gasteiger partial charge on any atom is -0.349 e. The monoisotopic (exact) mass is 342 g/mol. The number of aryl methyl sites for hydroxylation is 1. The molecular formula is C14H23BrN4O. The van der Waals surface area contributed by atoms with Crippen molar-refractivity contribution in [1.82, 2.24) is 19.7 Å². The molecule has 112 valence electrons. The van der Waals surface area contributed by atoms with Crippen molar-refractivity contribution in [2.24, 2.45) is 0 Å². The van der Waals surface area contributed by atoms with E-state index < -0.39 is 0 Å². The van der Waals surface area contributed by atoms with Crippen LogP contribution in [0.5, 0.6) is 0 Å². The third kappa shape index (κ3) is 4.07. The van der Waals surface area contributed by atoms with Gasteiger partial charge in [0.15, 0.2) is 0 Å². The van der Waals surface area contributed by atoms with Crippen LogP contribution in [0.4, 0.5) is 0 Å². The Balaban J connectivity index is 1.77. The highest BCUT2D eigenvalue weighted by Crippen LogP contribution is 2.14. The van der Waals surface area contributed by atoms with E-state index >= 15 is 0 Å². The highest BCUT2D eigenvalue weighted by molar-refractivity contribution is 9.10. The van der Waals surface area contributed by atoms with Crippen LogP contribution < -0.4 is 5.32 Å². The molecule has 0 aliphatic carbocycles. The zero-order valence-electron chi connectivity index (χ0n) is 12.2. The van der Waals surface area contributed by atoms with Gasteiger partial charge < -0.3 is 14.8 Å². The van der Waals surface area contributed by atoms with E-state index in [0.717, 1.165) is 49.4 Å². The van der Waals surface area contributed by atoms with Crippen LogP contribution in [0.1, 0.15) is 17.4 Å². The van der Waals surface area contributed by atoms with Crippen molar-refractivity contribution < 1.29 is 4.79 Å². The molecule has 1 saturated heterocycles. The lowest BCUT2D eigenvalue weighted by Crippen LogP contribution is -2.47. The van der Waals surface area contributed by atoms with Gasteiger partial charge in [0.25, 0.3) is 5.91 Å². The molecule has 5 nitrogen and oxygen atoms in total. The van der Waals surface area contributed by atoms with E-state index in [0.29, 0.717) is 6.54 Å². The van der Waals surface area contributed by atoms with E-state index in [1.54, 1.807) is 0 Å². The van der Waals surface area contributed by atoms with Crippen molar-refractivity contribution in [2.75, 3.05) is 46.3 Å². The first-order valence-electron chi connectivity index (χ1n) is 7.15. The van der Waals surface area contributed by atoms with Crippen molar-refractivity contribution in [3.8, 4) is 0 Å². The van der Waals surface area contributed by atoms with Gasteiger partial charge in [-0.05, 0) is 36.0 Å².